The highest BCUT2D eigenvalue weighted by atomic mass is 35.5. The number of hydrogen-bond acceptors (Lipinski definition) is 6. The summed E-state index contributed by atoms with van der Waals surface area (Å²) < 4.78 is 0. The van der Waals surface area contributed by atoms with Crippen LogP contribution in [0.4, 0.5) is 17.1 Å². The SMILES string of the molecule is Cc1cc([N+](=O)[O-])ccc1NC(=O)C(Sc1cccc(NC(=O)/C(=C/c2ccc(Cl)cc2)NC(=O)c2ccccc2)c1)c1ccccc1. The van der Waals surface area contributed by atoms with Crippen molar-refractivity contribution in [1.29, 1.82) is 0 Å². The minimum absolute atomic E-state index is 0.0178. The number of nitro benzene ring substituents is 1. The first-order valence-corrected chi connectivity index (χ1v) is 15.9. The second-order valence-corrected chi connectivity index (χ2v) is 12.2. The predicted molar refractivity (Wildman–Crippen MR) is 190 cm³/mol. The van der Waals surface area contributed by atoms with E-state index in [0.717, 1.165) is 5.56 Å². The molecule has 0 saturated carbocycles. The number of thioether (sulfide) groups is 1. The van der Waals surface area contributed by atoms with Gasteiger partial charge in [-0.05, 0) is 78.2 Å². The van der Waals surface area contributed by atoms with Crippen molar-refractivity contribution in [3.8, 4) is 0 Å². The summed E-state index contributed by atoms with van der Waals surface area (Å²) in [5.41, 5.74) is 3.20. The molecule has 3 amide bonds. The fourth-order valence-electron chi connectivity index (χ4n) is 4.65. The van der Waals surface area contributed by atoms with Crippen molar-refractivity contribution in [1.82, 2.24) is 5.32 Å². The standard InChI is InChI=1S/C37H29ClN4O5S/c1-24-21-30(42(46)47)19-20-32(24)40-37(45)34(26-9-4-2-5-10-26)48-31-14-8-13-29(23-31)39-36(44)33(22-25-15-17-28(38)18-16-25)41-35(43)27-11-6-3-7-12-27/h2-23,34H,1H3,(H,39,44)(H,40,45)(H,41,43)/b33-22-. The summed E-state index contributed by atoms with van der Waals surface area (Å²) in [6.07, 6.45) is 1.56. The first-order valence-electron chi connectivity index (χ1n) is 14.7. The van der Waals surface area contributed by atoms with Crippen molar-refractivity contribution in [2.75, 3.05) is 10.6 Å². The third-order valence-corrected chi connectivity index (χ3v) is 8.57. The third kappa shape index (κ3) is 8.97. The highest BCUT2D eigenvalue weighted by molar-refractivity contribution is 8.00. The lowest BCUT2D eigenvalue weighted by Gasteiger charge is -2.18. The van der Waals surface area contributed by atoms with Crippen LogP contribution in [0.2, 0.25) is 5.02 Å². The normalized spacial score (nSPS) is 11.7. The number of nitro groups is 1. The number of hydrogen-bond donors (Lipinski definition) is 3. The summed E-state index contributed by atoms with van der Waals surface area (Å²) in [5, 5.41) is 19.5. The van der Waals surface area contributed by atoms with Gasteiger partial charge >= 0.3 is 0 Å². The van der Waals surface area contributed by atoms with Crippen molar-refractivity contribution in [2.45, 2.75) is 17.1 Å². The number of benzene rings is 5. The molecule has 0 aliphatic carbocycles. The average Bonchev–Trinajstić information content (AvgIpc) is 3.09. The van der Waals surface area contributed by atoms with Gasteiger partial charge in [0, 0.05) is 39.0 Å². The van der Waals surface area contributed by atoms with Crippen LogP contribution in [-0.4, -0.2) is 22.6 Å². The van der Waals surface area contributed by atoms with Crippen molar-refractivity contribution >= 4 is 64.2 Å². The smallest absolute Gasteiger partial charge is 0.272 e. The molecule has 0 aliphatic rings. The van der Waals surface area contributed by atoms with E-state index in [-0.39, 0.29) is 17.3 Å². The molecule has 0 bridgehead atoms. The van der Waals surface area contributed by atoms with Gasteiger partial charge in [-0.15, -0.1) is 11.8 Å². The highest BCUT2D eigenvalue weighted by Gasteiger charge is 2.24. The molecule has 0 heterocycles. The van der Waals surface area contributed by atoms with E-state index in [4.69, 9.17) is 11.6 Å². The predicted octanol–water partition coefficient (Wildman–Crippen LogP) is 8.44. The molecule has 0 fully saturated rings. The van der Waals surface area contributed by atoms with Gasteiger partial charge in [0.1, 0.15) is 10.9 Å². The minimum atomic E-state index is -0.697. The van der Waals surface area contributed by atoms with Crippen LogP contribution in [0.1, 0.15) is 32.3 Å². The Kier molecular flexibility index (Phi) is 11.0. The van der Waals surface area contributed by atoms with Crippen molar-refractivity contribution in [2.24, 2.45) is 0 Å². The lowest BCUT2D eigenvalue weighted by molar-refractivity contribution is -0.384. The summed E-state index contributed by atoms with van der Waals surface area (Å²) >= 11 is 7.31. The molecule has 3 N–H and O–H groups in total. The van der Waals surface area contributed by atoms with Gasteiger partial charge in [0.2, 0.25) is 5.91 Å². The maximum atomic E-state index is 13.7. The number of carbonyl (C=O) groups excluding carboxylic acids is 3. The molecule has 0 spiro atoms. The van der Waals surface area contributed by atoms with Gasteiger partial charge in [-0.3, -0.25) is 24.5 Å². The zero-order valence-electron chi connectivity index (χ0n) is 25.6. The Bertz CT molecular complexity index is 1990. The number of nitrogens with zero attached hydrogens (tertiary/aromatic N) is 1. The zero-order valence-corrected chi connectivity index (χ0v) is 27.1. The van der Waals surface area contributed by atoms with Gasteiger partial charge in [-0.25, -0.2) is 0 Å². The number of anilines is 2. The second kappa shape index (κ2) is 15.7. The fraction of sp³-hybridized carbons (Fsp3) is 0.0541. The van der Waals surface area contributed by atoms with E-state index in [1.165, 1.54) is 30.0 Å². The van der Waals surface area contributed by atoms with Crippen LogP contribution in [0, 0.1) is 17.0 Å². The lowest BCUT2D eigenvalue weighted by atomic mass is 10.1. The van der Waals surface area contributed by atoms with E-state index < -0.39 is 22.0 Å². The Morgan fingerprint density at radius 1 is 0.812 bits per heavy atom. The molecule has 0 saturated heterocycles. The summed E-state index contributed by atoms with van der Waals surface area (Å²) in [6.45, 7) is 1.69. The number of non-ortho nitro benzene ring substituents is 1. The topological polar surface area (TPSA) is 130 Å². The van der Waals surface area contributed by atoms with E-state index in [0.29, 0.717) is 38.0 Å². The fourth-order valence-corrected chi connectivity index (χ4v) is 5.86. The maximum absolute atomic E-state index is 13.7. The van der Waals surface area contributed by atoms with Crippen LogP contribution in [-0.2, 0) is 9.59 Å². The molecule has 5 rings (SSSR count). The molecule has 1 atom stereocenters. The van der Waals surface area contributed by atoms with Crippen molar-refractivity contribution in [3.05, 3.63) is 170 Å². The van der Waals surface area contributed by atoms with Gasteiger partial charge in [0.25, 0.3) is 17.5 Å². The Balaban J connectivity index is 1.37. The number of amides is 3. The quantitative estimate of drug-likeness (QED) is 0.0557. The van der Waals surface area contributed by atoms with Gasteiger partial charge in [0.05, 0.1) is 4.92 Å². The largest absolute Gasteiger partial charge is 0.325 e. The minimum Gasteiger partial charge on any atom is -0.325 e. The monoisotopic (exact) mass is 676 g/mol. The Hall–Kier alpha value is -5.71. The number of halogens is 1. The lowest BCUT2D eigenvalue weighted by Crippen LogP contribution is -2.30. The molecule has 5 aromatic carbocycles. The number of aryl methyl sites for hydroxylation is 1. The van der Waals surface area contributed by atoms with Crippen LogP contribution >= 0.6 is 23.4 Å². The van der Waals surface area contributed by atoms with Crippen molar-refractivity contribution < 1.29 is 19.3 Å². The van der Waals surface area contributed by atoms with Crippen LogP contribution in [0.25, 0.3) is 6.08 Å². The van der Waals surface area contributed by atoms with Gasteiger partial charge in [-0.2, -0.15) is 0 Å². The molecular formula is C37H29ClN4O5S. The first kappa shape index (κ1) is 33.6. The Morgan fingerprint density at radius 3 is 2.17 bits per heavy atom. The average molecular weight is 677 g/mol. The maximum Gasteiger partial charge on any atom is 0.272 e. The molecule has 0 aliphatic heterocycles. The molecule has 1 unspecified atom stereocenters. The highest BCUT2D eigenvalue weighted by Crippen LogP contribution is 2.37. The molecule has 0 aromatic heterocycles. The van der Waals surface area contributed by atoms with Crippen LogP contribution in [0.3, 0.4) is 0 Å². The number of nitrogens with one attached hydrogen (secondary N) is 3. The molecule has 240 valence electrons. The van der Waals surface area contributed by atoms with E-state index in [1.807, 2.05) is 36.4 Å². The number of rotatable bonds is 11. The summed E-state index contributed by atoms with van der Waals surface area (Å²) in [6, 6.07) is 35.9. The molecule has 9 nitrogen and oxygen atoms in total. The van der Waals surface area contributed by atoms with Crippen LogP contribution in [0.15, 0.2) is 138 Å². The van der Waals surface area contributed by atoms with E-state index >= 15 is 0 Å². The van der Waals surface area contributed by atoms with Gasteiger partial charge in [-0.1, -0.05) is 78.3 Å². The molecule has 48 heavy (non-hydrogen) atoms. The molecule has 0 radical (unpaired) electrons. The second-order valence-electron chi connectivity index (χ2n) is 10.6. The molecular weight excluding hydrogens is 648 g/mol. The summed E-state index contributed by atoms with van der Waals surface area (Å²) in [5.74, 6) is -1.33. The van der Waals surface area contributed by atoms with Crippen LogP contribution < -0.4 is 16.0 Å². The van der Waals surface area contributed by atoms with E-state index in [1.54, 1.807) is 85.8 Å². The molecule has 11 heteroatoms. The van der Waals surface area contributed by atoms with E-state index in [9.17, 15) is 24.5 Å². The van der Waals surface area contributed by atoms with Gasteiger partial charge in [0.15, 0.2) is 0 Å². The third-order valence-electron chi connectivity index (χ3n) is 7.07. The summed E-state index contributed by atoms with van der Waals surface area (Å²) in [7, 11) is 0. The van der Waals surface area contributed by atoms with Crippen LogP contribution in [0.5, 0.6) is 0 Å². The van der Waals surface area contributed by atoms with Crippen molar-refractivity contribution in [3.63, 3.8) is 0 Å². The first-order chi connectivity index (χ1) is 23.2. The number of carbonyl (C=O) groups is 3. The Morgan fingerprint density at radius 2 is 1.50 bits per heavy atom. The zero-order chi connectivity index (χ0) is 34.0. The van der Waals surface area contributed by atoms with Gasteiger partial charge < -0.3 is 16.0 Å². The molecule has 5 aromatic rings. The summed E-state index contributed by atoms with van der Waals surface area (Å²) in [4.78, 5) is 51.6. The Labute approximate surface area is 286 Å². The van der Waals surface area contributed by atoms with E-state index in [2.05, 4.69) is 16.0 Å².